The number of allylic oxidation sites excluding steroid dienone is 1. The minimum Gasteiger partial charge on any atom is -0.387 e. The SMILES string of the molecule is CC(O)C1=N/C(=C(\NC(=O)c2cc(C3C=CNN3)c(C(F)(F)F)cc2F)Nc2ccccc2)C(=N)C=C1. The lowest BCUT2D eigenvalue weighted by Gasteiger charge is -2.21. The van der Waals surface area contributed by atoms with Crippen molar-refractivity contribution in [1.29, 1.82) is 5.41 Å². The first-order valence-electron chi connectivity index (χ1n) is 11.0. The molecule has 0 aliphatic carbocycles. The van der Waals surface area contributed by atoms with Crippen molar-refractivity contribution in [2.75, 3.05) is 5.32 Å². The maximum Gasteiger partial charge on any atom is 0.416 e. The molecule has 2 unspecified atom stereocenters. The van der Waals surface area contributed by atoms with Crippen molar-refractivity contribution >= 4 is 23.0 Å². The number of halogens is 4. The standard InChI is InChI=1S/C25H22F4N6O2/c1-13(36)20-8-7-19(30)22(33-20)23(32-14-5-3-2-4-6-14)34-24(37)16-11-15(21-9-10-31-35-21)17(12-18(16)26)25(27,28)29/h2-13,21,30-32,35-36H,1H3,(H,34,37)/b23-22-,30-19?. The summed E-state index contributed by atoms with van der Waals surface area (Å²) in [7, 11) is 0. The second-order valence-electron chi connectivity index (χ2n) is 8.17. The zero-order valence-electron chi connectivity index (χ0n) is 19.3. The van der Waals surface area contributed by atoms with E-state index in [1.165, 1.54) is 31.4 Å². The first-order chi connectivity index (χ1) is 17.5. The van der Waals surface area contributed by atoms with Crippen LogP contribution in [-0.2, 0) is 6.18 Å². The van der Waals surface area contributed by atoms with Gasteiger partial charge in [0.2, 0.25) is 0 Å². The number of dihydropyridines is 1. The minimum absolute atomic E-state index is 0.0623. The van der Waals surface area contributed by atoms with Crippen LogP contribution in [0.3, 0.4) is 0 Å². The number of aliphatic imine (C=N–C) groups is 1. The van der Waals surface area contributed by atoms with Gasteiger partial charge < -0.3 is 21.2 Å². The Hall–Kier alpha value is -4.29. The average Bonchev–Trinajstić information content (AvgIpc) is 3.38. The lowest BCUT2D eigenvalue weighted by molar-refractivity contribution is -0.138. The Labute approximate surface area is 209 Å². The number of hydrazine groups is 1. The molecular weight excluding hydrogens is 492 g/mol. The van der Waals surface area contributed by atoms with Gasteiger partial charge in [-0.25, -0.2) is 14.8 Å². The van der Waals surface area contributed by atoms with E-state index in [-0.39, 0.29) is 34.6 Å². The Morgan fingerprint density at radius 1 is 1.19 bits per heavy atom. The highest BCUT2D eigenvalue weighted by Crippen LogP contribution is 2.37. The van der Waals surface area contributed by atoms with Crippen LogP contribution in [0.4, 0.5) is 23.2 Å². The summed E-state index contributed by atoms with van der Waals surface area (Å²) < 4.78 is 55.8. The van der Waals surface area contributed by atoms with E-state index in [4.69, 9.17) is 5.41 Å². The number of hydrogen-bond acceptors (Lipinski definition) is 7. The number of alkyl halides is 3. The molecule has 2 atom stereocenters. The van der Waals surface area contributed by atoms with Gasteiger partial charge in [0.1, 0.15) is 17.3 Å². The number of aliphatic hydroxyl groups excluding tert-OH is 1. The third-order valence-corrected chi connectivity index (χ3v) is 5.50. The summed E-state index contributed by atoms with van der Waals surface area (Å²) in [5, 5.41) is 23.6. The smallest absolute Gasteiger partial charge is 0.387 e. The quantitative estimate of drug-likeness (QED) is 0.327. The average molecular weight is 514 g/mol. The molecule has 0 bridgehead atoms. The Kier molecular flexibility index (Phi) is 7.23. The highest BCUT2D eigenvalue weighted by molar-refractivity contribution is 6.17. The Bertz CT molecular complexity index is 1350. The molecule has 0 fully saturated rings. The van der Waals surface area contributed by atoms with Crippen molar-refractivity contribution in [3.8, 4) is 0 Å². The molecule has 2 aliphatic heterocycles. The Morgan fingerprint density at radius 2 is 1.92 bits per heavy atom. The van der Waals surface area contributed by atoms with Gasteiger partial charge >= 0.3 is 6.18 Å². The largest absolute Gasteiger partial charge is 0.416 e. The van der Waals surface area contributed by atoms with E-state index in [0.717, 1.165) is 6.07 Å². The van der Waals surface area contributed by atoms with Crippen LogP contribution < -0.4 is 21.5 Å². The van der Waals surface area contributed by atoms with E-state index in [0.29, 0.717) is 5.69 Å². The molecule has 0 saturated carbocycles. The van der Waals surface area contributed by atoms with Crippen LogP contribution in [0.5, 0.6) is 0 Å². The molecular formula is C25H22F4N6O2. The molecule has 0 spiro atoms. The first-order valence-corrected chi connectivity index (χ1v) is 11.0. The predicted octanol–water partition coefficient (Wildman–Crippen LogP) is 3.93. The predicted molar refractivity (Wildman–Crippen MR) is 130 cm³/mol. The van der Waals surface area contributed by atoms with Gasteiger partial charge in [-0.05, 0) is 55.0 Å². The second kappa shape index (κ2) is 10.4. The number of para-hydroxylation sites is 1. The zero-order valence-corrected chi connectivity index (χ0v) is 19.3. The fourth-order valence-corrected chi connectivity index (χ4v) is 3.67. The van der Waals surface area contributed by atoms with Crippen molar-refractivity contribution in [3.05, 3.63) is 101 Å². The number of rotatable bonds is 6. The van der Waals surface area contributed by atoms with Gasteiger partial charge in [-0.15, -0.1) is 0 Å². The number of carbonyl (C=O) groups excluding carboxylic acids is 1. The molecule has 0 aromatic heterocycles. The number of hydrogen-bond donors (Lipinski definition) is 6. The monoisotopic (exact) mass is 514 g/mol. The summed E-state index contributed by atoms with van der Waals surface area (Å²) in [4.78, 5) is 17.5. The fourth-order valence-electron chi connectivity index (χ4n) is 3.67. The summed E-state index contributed by atoms with van der Waals surface area (Å²) in [6.45, 7) is 1.47. The molecule has 0 radical (unpaired) electrons. The molecule has 2 aromatic carbocycles. The molecule has 37 heavy (non-hydrogen) atoms. The lowest BCUT2D eigenvalue weighted by Crippen LogP contribution is -2.32. The lowest BCUT2D eigenvalue weighted by atomic mass is 9.96. The zero-order chi connectivity index (χ0) is 26.7. The maximum absolute atomic E-state index is 14.9. The van der Waals surface area contributed by atoms with Crippen molar-refractivity contribution in [2.45, 2.75) is 25.2 Å². The van der Waals surface area contributed by atoms with Gasteiger partial charge in [0, 0.05) is 11.9 Å². The van der Waals surface area contributed by atoms with E-state index in [1.807, 2.05) is 0 Å². The van der Waals surface area contributed by atoms with Crippen molar-refractivity contribution in [3.63, 3.8) is 0 Å². The van der Waals surface area contributed by atoms with Gasteiger partial charge in [-0.1, -0.05) is 18.2 Å². The van der Waals surface area contributed by atoms with E-state index in [2.05, 4.69) is 26.5 Å². The molecule has 192 valence electrons. The van der Waals surface area contributed by atoms with E-state index in [9.17, 15) is 27.5 Å². The second-order valence-corrected chi connectivity index (χ2v) is 8.17. The summed E-state index contributed by atoms with van der Waals surface area (Å²) in [5.41, 5.74) is 3.46. The third kappa shape index (κ3) is 5.76. The summed E-state index contributed by atoms with van der Waals surface area (Å²) >= 11 is 0. The Balaban J connectivity index is 1.77. The number of benzene rings is 2. The van der Waals surface area contributed by atoms with Crippen molar-refractivity contribution < 1.29 is 27.5 Å². The molecule has 2 aromatic rings. The van der Waals surface area contributed by atoms with Gasteiger partial charge in [0.25, 0.3) is 5.91 Å². The molecule has 0 saturated heterocycles. The van der Waals surface area contributed by atoms with Gasteiger partial charge in [0.15, 0.2) is 0 Å². The fraction of sp³-hybridized carbons (Fsp3) is 0.160. The summed E-state index contributed by atoms with van der Waals surface area (Å²) in [6.07, 6.45) is -0.248. The van der Waals surface area contributed by atoms with Crippen LogP contribution in [0.25, 0.3) is 0 Å². The van der Waals surface area contributed by atoms with Crippen LogP contribution in [0.2, 0.25) is 0 Å². The molecule has 6 N–H and O–H groups in total. The highest BCUT2D eigenvalue weighted by Gasteiger charge is 2.37. The normalized spacial score (nSPS) is 19.2. The van der Waals surface area contributed by atoms with Gasteiger partial charge in [0.05, 0.1) is 34.7 Å². The summed E-state index contributed by atoms with van der Waals surface area (Å²) in [6, 6.07) is 8.66. The number of nitrogens with zero attached hydrogens (tertiary/aromatic N) is 1. The molecule has 4 rings (SSSR count). The van der Waals surface area contributed by atoms with Crippen LogP contribution >= 0.6 is 0 Å². The van der Waals surface area contributed by atoms with E-state index >= 15 is 0 Å². The van der Waals surface area contributed by atoms with Crippen molar-refractivity contribution in [1.82, 2.24) is 16.2 Å². The number of amides is 1. The van der Waals surface area contributed by atoms with Crippen LogP contribution in [0, 0.1) is 11.2 Å². The molecule has 1 amide bonds. The van der Waals surface area contributed by atoms with Crippen LogP contribution in [0.15, 0.2) is 83.4 Å². The van der Waals surface area contributed by atoms with E-state index in [1.54, 1.807) is 30.3 Å². The molecule has 2 aliphatic rings. The first kappa shape index (κ1) is 25.8. The van der Waals surface area contributed by atoms with Crippen LogP contribution in [0.1, 0.15) is 34.5 Å². The number of anilines is 1. The highest BCUT2D eigenvalue weighted by atomic mass is 19.4. The van der Waals surface area contributed by atoms with E-state index < -0.39 is 41.2 Å². The minimum atomic E-state index is -4.86. The number of nitrogens with one attached hydrogen (secondary N) is 5. The van der Waals surface area contributed by atoms with Gasteiger partial charge in [-0.2, -0.15) is 13.2 Å². The molecule has 12 heteroatoms. The number of aliphatic hydroxyl groups is 1. The maximum atomic E-state index is 14.9. The number of carbonyl (C=O) groups is 1. The molecule has 8 nitrogen and oxygen atoms in total. The van der Waals surface area contributed by atoms with Gasteiger partial charge in [-0.3, -0.25) is 10.2 Å². The van der Waals surface area contributed by atoms with Crippen molar-refractivity contribution in [2.24, 2.45) is 4.99 Å². The third-order valence-electron chi connectivity index (χ3n) is 5.50. The topological polar surface area (TPSA) is 122 Å². The summed E-state index contributed by atoms with van der Waals surface area (Å²) in [5.74, 6) is -2.56. The van der Waals surface area contributed by atoms with Crippen LogP contribution in [-0.4, -0.2) is 28.5 Å². The Morgan fingerprint density at radius 3 is 2.54 bits per heavy atom. The molecule has 2 heterocycles.